The van der Waals surface area contributed by atoms with Crippen LogP contribution in [-0.2, 0) is 16.1 Å². The molecule has 0 unspecified atom stereocenters. The number of ether oxygens (including phenoxy) is 1. The van der Waals surface area contributed by atoms with Gasteiger partial charge in [0.05, 0.1) is 12.1 Å². The third-order valence-corrected chi connectivity index (χ3v) is 3.12. The summed E-state index contributed by atoms with van der Waals surface area (Å²) >= 11 is 0. The average molecular weight is 277 g/mol. The van der Waals surface area contributed by atoms with Crippen LogP contribution in [0.1, 0.15) is 31.7 Å². The van der Waals surface area contributed by atoms with Crippen molar-refractivity contribution in [2.24, 2.45) is 0 Å². The van der Waals surface area contributed by atoms with E-state index in [1.54, 1.807) is 6.07 Å². The molecule has 2 aromatic rings. The summed E-state index contributed by atoms with van der Waals surface area (Å²) in [5, 5.41) is 0. The molecule has 1 heterocycles. The van der Waals surface area contributed by atoms with Crippen LogP contribution in [0.3, 0.4) is 0 Å². The Bertz CT molecular complexity index is 653. The minimum atomic E-state index is -0.531. The summed E-state index contributed by atoms with van der Waals surface area (Å²) in [6.45, 7) is 4.29. The van der Waals surface area contributed by atoms with Crippen molar-refractivity contribution < 1.29 is 13.9 Å². The van der Waals surface area contributed by atoms with Crippen LogP contribution in [0.2, 0.25) is 0 Å². The highest BCUT2D eigenvalue weighted by Crippen LogP contribution is 2.14. The predicted octanol–water partition coefficient (Wildman–Crippen LogP) is 2.64. The molecule has 0 bridgehead atoms. The Morgan fingerprint density at radius 3 is 2.90 bits per heavy atom. The zero-order chi connectivity index (χ0) is 14.5. The SMILES string of the molecule is CCCCCOC(=O)Cn1c(=O)oc2ccc(C)cc21. The molecule has 20 heavy (non-hydrogen) atoms. The van der Waals surface area contributed by atoms with E-state index in [1.165, 1.54) is 4.57 Å². The highest BCUT2D eigenvalue weighted by Gasteiger charge is 2.13. The van der Waals surface area contributed by atoms with E-state index in [0.717, 1.165) is 24.8 Å². The van der Waals surface area contributed by atoms with Gasteiger partial charge in [-0.2, -0.15) is 0 Å². The first kappa shape index (κ1) is 14.4. The van der Waals surface area contributed by atoms with Gasteiger partial charge in [0.25, 0.3) is 0 Å². The molecule has 2 rings (SSSR count). The van der Waals surface area contributed by atoms with Crippen LogP contribution in [0.25, 0.3) is 11.1 Å². The molecule has 0 aliphatic rings. The van der Waals surface area contributed by atoms with Crippen molar-refractivity contribution >= 4 is 17.1 Å². The minimum absolute atomic E-state index is 0.110. The molecule has 0 fully saturated rings. The molecule has 1 aromatic heterocycles. The number of fused-ring (bicyclic) bond motifs is 1. The highest BCUT2D eigenvalue weighted by molar-refractivity contribution is 5.77. The van der Waals surface area contributed by atoms with Crippen LogP contribution in [0.5, 0.6) is 0 Å². The number of unbranched alkanes of at least 4 members (excludes halogenated alkanes) is 2. The van der Waals surface area contributed by atoms with Crippen molar-refractivity contribution in [3.05, 3.63) is 34.3 Å². The van der Waals surface area contributed by atoms with Gasteiger partial charge in [0.15, 0.2) is 5.58 Å². The first-order chi connectivity index (χ1) is 9.61. The summed E-state index contributed by atoms with van der Waals surface area (Å²) < 4.78 is 11.5. The molecule has 0 aliphatic carbocycles. The molecule has 0 saturated heterocycles. The summed E-state index contributed by atoms with van der Waals surface area (Å²) in [7, 11) is 0. The van der Waals surface area contributed by atoms with Gasteiger partial charge in [-0.3, -0.25) is 9.36 Å². The van der Waals surface area contributed by atoms with Gasteiger partial charge < -0.3 is 9.15 Å². The van der Waals surface area contributed by atoms with Crippen molar-refractivity contribution in [2.45, 2.75) is 39.7 Å². The van der Waals surface area contributed by atoms with E-state index >= 15 is 0 Å². The highest BCUT2D eigenvalue weighted by atomic mass is 16.5. The molecule has 0 atom stereocenters. The molecule has 0 aliphatic heterocycles. The van der Waals surface area contributed by atoms with E-state index in [0.29, 0.717) is 17.7 Å². The van der Waals surface area contributed by atoms with Crippen LogP contribution in [0.15, 0.2) is 27.4 Å². The lowest BCUT2D eigenvalue weighted by Crippen LogP contribution is -2.22. The molecule has 0 amide bonds. The molecule has 0 spiro atoms. The van der Waals surface area contributed by atoms with Crippen molar-refractivity contribution in [1.82, 2.24) is 4.57 Å². The van der Waals surface area contributed by atoms with Crippen molar-refractivity contribution in [3.8, 4) is 0 Å². The van der Waals surface area contributed by atoms with Gasteiger partial charge in [0, 0.05) is 0 Å². The Hall–Kier alpha value is -2.04. The molecule has 0 saturated carbocycles. The second kappa shape index (κ2) is 6.41. The monoisotopic (exact) mass is 277 g/mol. The molecule has 1 aromatic carbocycles. The first-order valence-corrected chi connectivity index (χ1v) is 6.87. The van der Waals surface area contributed by atoms with Gasteiger partial charge >= 0.3 is 11.7 Å². The fraction of sp³-hybridized carbons (Fsp3) is 0.467. The number of esters is 1. The maximum absolute atomic E-state index is 11.8. The largest absolute Gasteiger partial charge is 0.464 e. The first-order valence-electron chi connectivity index (χ1n) is 6.87. The topological polar surface area (TPSA) is 61.4 Å². The van der Waals surface area contributed by atoms with E-state index in [4.69, 9.17) is 9.15 Å². The quantitative estimate of drug-likeness (QED) is 0.601. The van der Waals surface area contributed by atoms with Crippen molar-refractivity contribution in [1.29, 1.82) is 0 Å². The molecule has 5 nitrogen and oxygen atoms in total. The van der Waals surface area contributed by atoms with Crippen LogP contribution in [-0.4, -0.2) is 17.1 Å². The zero-order valence-electron chi connectivity index (χ0n) is 11.8. The second-order valence-electron chi connectivity index (χ2n) is 4.85. The van der Waals surface area contributed by atoms with E-state index in [-0.39, 0.29) is 6.54 Å². The Balaban J connectivity index is 2.09. The maximum Gasteiger partial charge on any atom is 0.420 e. The van der Waals surface area contributed by atoms with Crippen LogP contribution in [0.4, 0.5) is 0 Å². The summed E-state index contributed by atoms with van der Waals surface area (Å²) in [6.07, 6.45) is 2.95. The number of hydrogen-bond donors (Lipinski definition) is 0. The fourth-order valence-corrected chi connectivity index (χ4v) is 2.03. The number of hydrogen-bond acceptors (Lipinski definition) is 4. The lowest BCUT2D eigenvalue weighted by atomic mass is 10.2. The standard InChI is InChI=1S/C15H19NO4/c1-3-4-5-8-19-14(17)10-16-12-9-11(2)6-7-13(12)20-15(16)18/h6-7,9H,3-5,8,10H2,1-2H3. The molecule has 0 radical (unpaired) electrons. The van der Waals surface area contributed by atoms with Gasteiger partial charge in [-0.15, -0.1) is 0 Å². The van der Waals surface area contributed by atoms with E-state index < -0.39 is 11.7 Å². The smallest absolute Gasteiger partial charge is 0.420 e. The van der Waals surface area contributed by atoms with Crippen LogP contribution < -0.4 is 5.76 Å². The van der Waals surface area contributed by atoms with Crippen molar-refractivity contribution in [3.63, 3.8) is 0 Å². The van der Waals surface area contributed by atoms with Gasteiger partial charge in [0.1, 0.15) is 6.54 Å². The molecule has 5 heteroatoms. The Morgan fingerprint density at radius 1 is 1.35 bits per heavy atom. The summed E-state index contributed by atoms with van der Waals surface area (Å²) in [5.74, 6) is -0.941. The van der Waals surface area contributed by atoms with E-state index in [1.807, 2.05) is 19.1 Å². The van der Waals surface area contributed by atoms with Gasteiger partial charge in [-0.1, -0.05) is 25.8 Å². The molecule has 108 valence electrons. The fourth-order valence-electron chi connectivity index (χ4n) is 2.03. The Morgan fingerprint density at radius 2 is 2.15 bits per heavy atom. The third kappa shape index (κ3) is 3.29. The van der Waals surface area contributed by atoms with E-state index in [9.17, 15) is 9.59 Å². The number of aromatic nitrogens is 1. The predicted molar refractivity (Wildman–Crippen MR) is 75.7 cm³/mol. The van der Waals surface area contributed by atoms with Gasteiger partial charge in [-0.25, -0.2) is 4.79 Å². The Labute approximate surface area is 117 Å². The lowest BCUT2D eigenvalue weighted by molar-refractivity contribution is -0.144. The number of carbonyl (C=O) groups excluding carboxylic acids is 1. The Kier molecular flexibility index (Phi) is 4.61. The number of benzene rings is 1. The number of carbonyl (C=O) groups is 1. The average Bonchev–Trinajstić information content (AvgIpc) is 2.71. The van der Waals surface area contributed by atoms with Crippen molar-refractivity contribution in [2.75, 3.05) is 6.61 Å². The lowest BCUT2D eigenvalue weighted by Gasteiger charge is -2.05. The van der Waals surface area contributed by atoms with Crippen LogP contribution in [0, 0.1) is 6.92 Å². The number of rotatable bonds is 6. The minimum Gasteiger partial charge on any atom is -0.464 e. The van der Waals surface area contributed by atoms with Crippen LogP contribution >= 0.6 is 0 Å². The molecular formula is C15H19NO4. The van der Waals surface area contributed by atoms with Gasteiger partial charge in [-0.05, 0) is 31.0 Å². The number of aryl methyl sites for hydroxylation is 1. The molecule has 0 N–H and O–H groups in total. The second-order valence-corrected chi connectivity index (χ2v) is 4.85. The normalized spacial score (nSPS) is 10.9. The summed E-state index contributed by atoms with van der Waals surface area (Å²) in [4.78, 5) is 23.5. The van der Waals surface area contributed by atoms with Gasteiger partial charge in [0.2, 0.25) is 0 Å². The molecular weight excluding hydrogens is 258 g/mol. The number of nitrogens with zero attached hydrogens (tertiary/aromatic N) is 1. The zero-order valence-corrected chi connectivity index (χ0v) is 11.8. The number of oxazole rings is 1. The third-order valence-electron chi connectivity index (χ3n) is 3.12. The summed E-state index contributed by atoms with van der Waals surface area (Å²) in [5.41, 5.74) is 2.11. The maximum atomic E-state index is 11.8. The van der Waals surface area contributed by atoms with E-state index in [2.05, 4.69) is 6.92 Å². The summed E-state index contributed by atoms with van der Waals surface area (Å²) in [6, 6.07) is 5.42.